The Morgan fingerprint density at radius 3 is 2.70 bits per heavy atom. The van der Waals surface area contributed by atoms with E-state index < -0.39 is 10.8 Å². The summed E-state index contributed by atoms with van der Waals surface area (Å²) in [6, 6.07) is 7.61. The Bertz CT molecular complexity index is 534. The molecule has 0 amide bonds. The Morgan fingerprint density at radius 2 is 1.90 bits per heavy atom. The van der Waals surface area contributed by atoms with Gasteiger partial charge in [-0.3, -0.25) is 4.21 Å². The third-order valence-corrected chi connectivity index (χ3v) is 4.66. The van der Waals surface area contributed by atoms with Crippen LogP contribution in [0, 0.1) is 0 Å². The van der Waals surface area contributed by atoms with Gasteiger partial charge in [-0.05, 0) is 25.0 Å². The Hall–Kier alpha value is -1.39. The summed E-state index contributed by atoms with van der Waals surface area (Å²) in [5, 5.41) is 8.72. The molecule has 0 bridgehead atoms. The smallest absolute Gasteiger partial charge is 0.135 e. The summed E-state index contributed by atoms with van der Waals surface area (Å²) in [7, 11) is -1.04. The van der Waals surface area contributed by atoms with Crippen molar-refractivity contribution in [3.8, 4) is 5.75 Å². The van der Waals surface area contributed by atoms with Gasteiger partial charge in [0, 0.05) is 17.9 Å². The first kappa shape index (κ1) is 15.0. The molecule has 1 aromatic carbocycles. The van der Waals surface area contributed by atoms with Crippen LogP contribution < -0.4 is 4.74 Å². The third-order valence-electron chi connectivity index (χ3n) is 3.17. The largest absolute Gasteiger partial charge is 0.457 e. The molecule has 1 aliphatic rings. The topological polar surface area (TPSA) is 46.5 Å². The highest BCUT2D eigenvalue weighted by Crippen LogP contribution is 2.34. The molecule has 4 heteroatoms. The van der Waals surface area contributed by atoms with Crippen LogP contribution in [-0.4, -0.2) is 21.7 Å². The summed E-state index contributed by atoms with van der Waals surface area (Å²) in [5.41, 5.74) is 0.897. The van der Waals surface area contributed by atoms with Gasteiger partial charge >= 0.3 is 0 Å². The first-order chi connectivity index (χ1) is 9.72. The molecule has 0 aromatic heterocycles. The van der Waals surface area contributed by atoms with E-state index in [0.29, 0.717) is 11.5 Å². The van der Waals surface area contributed by atoms with E-state index in [2.05, 4.69) is 6.58 Å². The fraction of sp³-hybridized carbons (Fsp3) is 0.375. The molecule has 1 aliphatic heterocycles. The number of ether oxygens (including phenoxy) is 1. The zero-order chi connectivity index (χ0) is 14.4. The first-order valence-electron chi connectivity index (χ1n) is 6.89. The van der Waals surface area contributed by atoms with E-state index in [1.54, 1.807) is 6.08 Å². The Labute approximate surface area is 122 Å². The molecule has 0 saturated carbocycles. The number of hydrogen-bond donors (Lipinski definition) is 1. The predicted molar refractivity (Wildman–Crippen MR) is 82.8 cm³/mol. The monoisotopic (exact) mass is 292 g/mol. The molecule has 2 rings (SSSR count). The summed E-state index contributed by atoms with van der Waals surface area (Å²) < 4.78 is 18.0. The van der Waals surface area contributed by atoms with E-state index in [-0.39, 0.29) is 6.61 Å². The number of hydrogen-bond acceptors (Lipinski definition) is 3. The second-order valence-electron chi connectivity index (χ2n) is 4.76. The molecule has 0 fully saturated rings. The van der Waals surface area contributed by atoms with Crippen molar-refractivity contribution in [2.24, 2.45) is 0 Å². The molecule has 0 spiro atoms. The van der Waals surface area contributed by atoms with Crippen LogP contribution in [0.3, 0.4) is 0 Å². The van der Waals surface area contributed by atoms with Crippen LogP contribution in [0.15, 0.2) is 42.7 Å². The summed E-state index contributed by atoms with van der Waals surface area (Å²) >= 11 is 0. The van der Waals surface area contributed by atoms with Crippen LogP contribution in [0.5, 0.6) is 5.75 Å². The van der Waals surface area contributed by atoms with Crippen molar-refractivity contribution >= 4 is 15.7 Å². The number of rotatable bonds is 7. The lowest BCUT2D eigenvalue weighted by molar-refractivity contribution is 0.283. The second kappa shape index (κ2) is 7.41. The van der Waals surface area contributed by atoms with Crippen molar-refractivity contribution in [1.82, 2.24) is 0 Å². The van der Waals surface area contributed by atoms with E-state index in [0.717, 1.165) is 41.9 Å². The Kier molecular flexibility index (Phi) is 5.56. The zero-order valence-electron chi connectivity index (χ0n) is 11.5. The number of unbranched alkanes of at least 4 members (excludes halogenated alkanes) is 3. The number of allylic oxidation sites excluding steroid dienone is 1. The van der Waals surface area contributed by atoms with Crippen molar-refractivity contribution in [2.45, 2.75) is 25.7 Å². The van der Waals surface area contributed by atoms with E-state index >= 15 is 0 Å². The van der Waals surface area contributed by atoms with Gasteiger partial charge in [-0.15, -0.1) is 0 Å². The predicted octanol–water partition coefficient (Wildman–Crippen LogP) is 3.24. The summed E-state index contributed by atoms with van der Waals surface area (Å²) in [5.74, 6) is 1.90. The second-order valence-corrected chi connectivity index (χ2v) is 6.30. The summed E-state index contributed by atoms with van der Waals surface area (Å²) in [6.45, 7) is 4.04. The average molecular weight is 292 g/mol. The number of para-hydroxylation sites is 1. The van der Waals surface area contributed by atoms with Gasteiger partial charge in [0.1, 0.15) is 11.5 Å². The van der Waals surface area contributed by atoms with E-state index in [1.807, 2.05) is 24.3 Å². The van der Waals surface area contributed by atoms with Gasteiger partial charge in [0.2, 0.25) is 0 Å². The molecule has 1 heterocycles. The maximum absolute atomic E-state index is 12.4. The third kappa shape index (κ3) is 3.81. The molecule has 3 nitrogen and oxygen atoms in total. The van der Waals surface area contributed by atoms with Crippen molar-refractivity contribution in [1.29, 1.82) is 0 Å². The number of benzene rings is 1. The fourth-order valence-electron chi connectivity index (χ4n) is 2.15. The maximum atomic E-state index is 12.4. The van der Waals surface area contributed by atoms with Crippen molar-refractivity contribution in [2.75, 3.05) is 12.4 Å². The van der Waals surface area contributed by atoms with E-state index in [1.165, 1.54) is 0 Å². The SMILES string of the molecule is C=C1C=C(S(=O)CCCCCCO)c2ccccc2O1. The van der Waals surface area contributed by atoms with Gasteiger partial charge in [-0.25, -0.2) is 0 Å². The molecular weight excluding hydrogens is 272 g/mol. The van der Waals surface area contributed by atoms with Crippen LogP contribution >= 0.6 is 0 Å². The normalized spacial score (nSPS) is 15.2. The molecule has 20 heavy (non-hydrogen) atoms. The van der Waals surface area contributed by atoms with Crippen molar-refractivity contribution in [3.05, 3.63) is 48.2 Å². The fourth-order valence-corrected chi connectivity index (χ4v) is 3.51. The van der Waals surface area contributed by atoms with Gasteiger partial charge in [0.25, 0.3) is 0 Å². The number of aliphatic hydroxyl groups is 1. The average Bonchev–Trinajstić information content (AvgIpc) is 2.46. The van der Waals surface area contributed by atoms with Crippen LogP contribution in [0.2, 0.25) is 0 Å². The minimum Gasteiger partial charge on any atom is -0.457 e. The van der Waals surface area contributed by atoms with Crippen molar-refractivity contribution in [3.63, 3.8) is 0 Å². The number of aliphatic hydroxyl groups excluding tert-OH is 1. The highest BCUT2D eigenvalue weighted by molar-refractivity contribution is 7.94. The number of fused-ring (bicyclic) bond motifs is 1. The van der Waals surface area contributed by atoms with Crippen LogP contribution in [-0.2, 0) is 10.8 Å². The lowest BCUT2D eigenvalue weighted by Crippen LogP contribution is -2.08. The minimum absolute atomic E-state index is 0.235. The van der Waals surface area contributed by atoms with Crippen LogP contribution in [0.4, 0.5) is 0 Å². The molecule has 0 radical (unpaired) electrons. The first-order valence-corrected chi connectivity index (χ1v) is 8.21. The van der Waals surface area contributed by atoms with Gasteiger partial charge < -0.3 is 9.84 Å². The quantitative estimate of drug-likeness (QED) is 0.785. The molecule has 0 aliphatic carbocycles. The molecule has 1 atom stereocenters. The minimum atomic E-state index is -1.04. The lowest BCUT2D eigenvalue weighted by atomic mass is 10.1. The van der Waals surface area contributed by atoms with E-state index in [4.69, 9.17) is 9.84 Å². The van der Waals surface area contributed by atoms with Gasteiger partial charge in [-0.2, -0.15) is 0 Å². The highest BCUT2D eigenvalue weighted by atomic mass is 32.2. The Balaban J connectivity index is 2.00. The van der Waals surface area contributed by atoms with Gasteiger partial charge in [-0.1, -0.05) is 37.6 Å². The molecule has 0 saturated heterocycles. The van der Waals surface area contributed by atoms with Gasteiger partial charge in [0.15, 0.2) is 0 Å². The Morgan fingerprint density at radius 1 is 1.15 bits per heavy atom. The van der Waals surface area contributed by atoms with E-state index in [9.17, 15) is 4.21 Å². The molecule has 1 N–H and O–H groups in total. The summed E-state index contributed by atoms with van der Waals surface area (Å²) in [6.07, 6.45) is 5.48. The molecule has 1 unspecified atom stereocenters. The van der Waals surface area contributed by atoms with Gasteiger partial charge in [0.05, 0.1) is 15.7 Å². The molecule has 108 valence electrons. The highest BCUT2D eigenvalue weighted by Gasteiger charge is 2.19. The van der Waals surface area contributed by atoms with Crippen LogP contribution in [0.1, 0.15) is 31.2 Å². The zero-order valence-corrected chi connectivity index (χ0v) is 12.3. The molecule has 1 aromatic rings. The standard InChI is InChI=1S/C16H20O3S/c1-13-12-16(14-8-4-5-9-15(14)19-13)20(18)11-7-3-2-6-10-17/h4-5,8-9,12,17H,1-3,6-7,10-11H2. The lowest BCUT2D eigenvalue weighted by Gasteiger charge is -2.19. The van der Waals surface area contributed by atoms with Crippen molar-refractivity contribution < 1.29 is 14.1 Å². The van der Waals surface area contributed by atoms with Crippen LogP contribution in [0.25, 0.3) is 4.91 Å². The summed E-state index contributed by atoms with van der Waals surface area (Å²) in [4.78, 5) is 0.805. The maximum Gasteiger partial charge on any atom is 0.135 e. The molecular formula is C16H20O3S.